The van der Waals surface area contributed by atoms with Crippen LogP contribution < -0.4 is 9.80 Å². The number of nitrogens with zero attached hydrogens (tertiary/aromatic N) is 2. The van der Waals surface area contributed by atoms with E-state index in [1.54, 1.807) is 4.90 Å². The molecule has 1 amide bonds. The van der Waals surface area contributed by atoms with E-state index in [-0.39, 0.29) is 6.09 Å². The molecule has 0 aromatic heterocycles. The monoisotopic (exact) mass is 248 g/mol. The van der Waals surface area contributed by atoms with Gasteiger partial charge in [0, 0.05) is 24.5 Å². The number of cyclic esters (lactones) is 1. The van der Waals surface area contributed by atoms with E-state index in [2.05, 4.69) is 11.0 Å². The van der Waals surface area contributed by atoms with Crippen LogP contribution in [-0.4, -0.2) is 45.5 Å². The number of anilines is 2. The Hall–Kier alpha value is -1.75. The zero-order valence-electron chi connectivity index (χ0n) is 10.2. The van der Waals surface area contributed by atoms with Crippen molar-refractivity contribution in [2.45, 2.75) is 0 Å². The molecule has 5 heteroatoms. The Kier molecular flexibility index (Phi) is 3.06. The molecular formula is C13H16N2O3. The normalized spacial score (nSPS) is 20.1. The van der Waals surface area contributed by atoms with Crippen LogP contribution in [0.4, 0.5) is 16.2 Å². The first-order chi connectivity index (χ1) is 8.84. The highest BCUT2D eigenvalue weighted by Crippen LogP contribution is 2.25. The van der Waals surface area contributed by atoms with Gasteiger partial charge in [0.05, 0.1) is 19.8 Å². The van der Waals surface area contributed by atoms with Gasteiger partial charge in [0.1, 0.15) is 6.61 Å². The van der Waals surface area contributed by atoms with Crippen LogP contribution in [0, 0.1) is 0 Å². The molecule has 96 valence electrons. The maximum atomic E-state index is 11.5. The Bertz CT molecular complexity index is 444. The summed E-state index contributed by atoms with van der Waals surface area (Å²) in [6, 6.07) is 8.02. The molecule has 0 N–H and O–H groups in total. The van der Waals surface area contributed by atoms with Crippen molar-refractivity contribution >= 4 is 17.5 Å². The van der Waals surface area contributed by atoms with Crippen LogP contribution in [0.2, 0.25) is 0 Å². The summed E-state index contributed by atoms with van der Waals surface area (Å²) in [5.74, 6) is 0. The van der Waals surface area contributed by atoms with E-state index in [1.165, 1.54) is 0 Å². The van der Waals surface area contributed by atoms with Gasteiger partial charge in [0.25, 0.3) is 0 Å². The summed E-state index contributed by atoms with van der Waals surface area (Å²) in [5, 5.41) is 0. The number of carbonyl (C=O) groups is 1. The van der Waals surface area contributed by atoms with Crippen molar-refractivity contribution in [2.75, 3.05) is 49.3 Å². The van der Waals surface area contributed by atoms with Crippen LogP contribution in [0.5, 0.6) is 0 Å². The van der Waals surface area contributed by atoms with E-state index in [1.807, 2.05) is 18.2 Å². The van der Waals surface area contributed by atoms with Crippen molar-refractivity contribution in [1.82, 2.24) is 0 Å². The van der Waals surface area contributed by atoms with Gasteiger partial charge in [-0.05, 0) is 18.2 Å². The standard InChI is InChI=1S/C13H16N2O3/c16-13-15(6-9-18-13)12-3-1-2-11(10-12)14-4-7-17-8-5-14/h1-3,10H,4-9H2. The van der Waals surface area contributed by atoms with E-state index in [4.69, 9.17) is 9.47 Å². The van der Waals surface area contributed by atoms with E-state index in [9.17, 15) is 4.79 Å². The minimum Gasteiger partial charge on any atom is -0.447 e. The zero-order valence-corrected chi connectivity index (χ0v) is 10.2. The molecule has 3 rings (SSSR count). The van der Waals surface area contributed by atoms with Gasteiger partial charge in [0.15, 0.2) is 0 Å². The number of morpholine rings is 1. The second-order valence-electron chi connectivity index (χ2n) is 4.39. The molecule has 2 aliphatic rings. The van der Waals surface area contributed by atoms with Crippen molar-refractivity contribution < 1.29 is 14.3 Å². The average Bonchev–Trinajstić information content (AvgIpc) is 2.86. The number of hydrogen-bond donors (Lipinski definition) is 0. The lowest BCUT2D eigenvalue weighted by Crippen LogP contribution is -2.36. The van der Waals surface area contributed by atoms with Gasteiger partial charge in [0.2, 0.25) is 0 Å². The van der Waals surface area contributed by atoms with Crippen molar-refractivity contribution in [2.24, 2.45) is 0 Å². The summed E-state index contributed by atoms with van der Waals surface area (Å²) in [4.78, 5) is 15.5. The number of hydrogen-bond acceptors (Lipinski definition) is 4. The van der Waals surface area contributed by atoms with Crippen LogP contribution in [0.1, 0.15) is 0 Å². The third kappa shape index (κ3) is 2.13. The lowest BCUT2D eigenvalue weighted by atomic mass is 10.2. The third-order valence-electron chi connectivity index (χ3n) is 3.28. The molecule has 2 aliphatic heterocycles. The SMILES string of the molecule is O=C1OCCN1c1cccc(N2CCOCC2)c1. The first-order valence-corrected chi connectivity index (χ1v) is 6.22. The second kappa shape index (κ2) is 4.86. The molecule has 18 heavy (non-hydrogen) atoms. The van der Waals surface area contributed by atoms with E-state index >= 15 is 0 Å². The van der Waals surface area contributed by atoms with Gasteiger partial charge in [-0.15, -0.1) is 0 Å². The fraction of sp³-hybridized carbons (Fsp3) is 0.462. The molecule has 5 nitrogen and oxygen atoms in total. The molecule has 2 heterocycles. The number of rotatable bonds is 2. The molecule has 0 unspecified atom stereocenters. The van der Waals surface area contributed by atoms with Crippen molar-refractivity contribution in [1.29, 1.82) is 0 Å². The summed E-state index contributed by atoms with van der Waals surface area (Å²) in [5.41, 5.74) is 2.04. The highest BCUT2D eigenvalue weighted by atomic mass is 16.6. The third-order valence-corrected chi connectivity index (χ3v) is 3.28. The molecule has 2 saturated heterocycles. The highest BCUT2D eigenvalue weighted by molar-refractivity contribution is 5.90. The number of carbonyl (C=O) groups excluding carboxylic acids is 1. The average molecular weight is 248 g/mol. The molecule has 0 spiro atoms. The van der Waals surface area contributed by atoms with E-state index < -0.39 is 0 Å². The molecule has 1 aromatic carbocycles. The minimum atomic E-state index is -0.255. The second-order valence-corrected chi connectivity index (χ2v) is 4.39. The first-order valence-electron chi connectivity index (χ1n) is 6.22. The Labute approximate surface area is 106 Å². The Morgan fingerprint density at radius 3 is 2.50 bits per heavy atom. The van der Waals surface area contributed by atoms with Crippen LogP contribution in [0.3, 0.4) is 0 Å². The lowest BCUT2D eigenvalue weighted by molar-refractivity contribution is 0.122. The summed E-state index contributed by atoms with van der Waals surface area (Å²) in [6.07, 6.45) is -0.255. The molecule has 2 fully saturated rings. The highest BCUT2D eigenvalue weighted by Gasteiger charge is 2.24. The zero-order chi connectivity index (χ0) is 12.4. The number of amides is 1. The van der Waals surface area contributed by atoms with Crippen molar-refractivity contribution in [3.8, 4) is 0 Å². The summed E-state index contributed by atoms with van der Waals surface area (Å²) < 4.78 is 10.3. The summed E-state index contributed by atoms with van der Waals surface area (Å²) >= 11 is 0. The van der Waals surface area contributed by atoms with Gasteiger partial charge in [-0.25, -0.2) is 4.79 Å². The largest absolute Gasteiger partial charge is 0.447 e. The van der Waals surface area contributed by atoms with Gasteiger partial charge in [-0.2, -0.15) is 0 Å². The Morgan fingerprint density at radius 1 is 1.00 bits per heavy atom. The molecule has 1 aromatic rings. The summed E-state index contributed by atoms with van der Waals surface area (Å²) in [6.45, 7) is 4.42. The smallest absolute Gasteiger partial charge is 0.414 e. The minimum absolute atomic E-state index is 0.255. The Morgan fingerprint density at radius 2 is 1.78 bits per heavy atom. The van der Waals surface area contributed by atoms with Crippen LogP contribution in [-0.2, 0) is 9.47 Å². The molecule has 0 atom stereocenters. The van der Waals surface area contributed by atoms with Crippen LogP contribution in [0.25, 0.3) is 0 Å². The Balaban J connectivity index is 1.82. The quantitative estimate of drug-likeness (QED) is 0.795. The van der Waals surface area contributed by atoms with Crippen molar-refractivity contribution in [3.05, 3.63) is 24.3 Å². The first kappa shape index (κ1) is 11.3. The predicted molar refractivity (Wildman–Crippen MR) is 68.2 cm³/mol. The number of ether oxygens (including phenoxy) is 2. The van der Waals surface area contributed by atoms with Gasteiger partial charge < -0.3 is 14.4 Å². The van der Waals surface area contributed by atoms with Gasteiger partial charge in [-0.1, -0.05) is 6.07 Å². The maximum absolute atomic E-state index is 11.5. The van der Waals surface area contributed by atoms with Crippen LogP contribution in [0.15, 0.2) is 24.3 Å². The molecule has 0 saturated carbocycles. The fourth-order valence-electron chi connectivity index (χ4n) is 2.31. The van der Waals surface area contributed by atoms with Crippen molar-refractivity contribution in [3.63, 3.8) is 0 Å². The molecule has 0 radical (unpaired) electrons. The molecule has 0 aliphatic carbocycles. The lowest BCUT2D eigenvalue weighted by Gasteiger charge is -2.29. The van der Waals surface area contributed by atoms with E-state index in [0.29, 0.717) is 13.2 Å². The van der Waals surface area contributed by atoms with E-state index in [0.717, 1.165) is 37.7 Å². The fourth-order valence-corrected chi connectivity index (χ4v) is 2.31. The number of benzene rings is 1. The summed E-state index contributed by atoms with van der Waals surface area (Å²) in [7, 11) is 0. The van der Waals surface area contributed by atoms with Gasteiger partial charge >= 0.3 is 6.09 Å². The maximum Gasteiger partial charge on any atom is 0.414 e. The topological polar surface area (TPSA) is 42.0 Å². The molecular weight excluding hydrogens is 232 g/mol. The van der Waals surface area contributed by atoms with Crippen LogP contribution >= 0.6 is 0 Å². The predicted octanol–water partition coefficient (Wildman–Crippen LogP) is 1.48. The van der Waals surface area contributed by atoms with Gasteiger partial charge in [-0.3, -0.25) is 4.90 Å². The molecule has 0 bridgehead atoms.